The van der Waals surface area contributed by atoms with Gasteiger partial charge in [-0.25, -0.2) is 4.72 Å². The molecule has 5 atom stereocenters. The molecule has 0 heterocycles. The number of rotatable bonds is 6. The maximum atomic E-state index is 10.9. The highest BCUT2D eigenvalue weighted by atomic mass is 32.2. The van der Waals surface area contributed by atoms with Gasteiger partial charge in [-0.15, -0.1) is 0 Å². The second-order valence-corrected chi connectivity index (χ2v) is 10.4. The first-order valence-corrected chi connectivity index (χ1v) is 12.2. The van der Waals surface area contributed by atoms with Crippen LogP contribution in [0.25, 0.3) is 0 Å². The lowest BCUT2D eigenvalue weighted by molar-refractivity contribution is -0.115. The first kappa shape index (κ1) is 22.6. The van der Waals surface area contributed by atoms with E-state index < -0.39 is 0 Å². The maximum Gasteiger partial charge on any atom is 0.140 e. The fraction of sp³-hybridized carbons (Fsp3) is 0.708. The Kier molecular flexibility index (Phi) is 8.06. The molecule has 0 aliphatic heterocycles. The molecule has 3 aliphatic carbocycles. The van der Waals surface area contributed by atoms with Crippen molar-refractivity contribution in [1.82, 2.24) is 10.0 Å². The number of carbonyl (C=O) groups excluding carboxylic acids is 1. The zero-order valence-corrected chi connectivity index (χ0v) is 19.1. The van der Waals surface area contributed by atoms with Gasteiger partial charge in [0.1, 0.15) is 6.29 Å². The molecule has 4 N–H and O–H groups in total. The summed E-state index contributed by atoms with van der Waals surface area (Å²) < 4.78 is 3.21. The number of para-hydroxylation sites is 1. The number of aldehydes is 1. The van der Waals surface area contributed by atoms with Crippen LogP contribution in [0.3, 0.4) is 0 Å². The normalized spacial score (nSPS) is 32.4. The molecule has 0 saturated heterocycles. The molecule has 1 aromatic rings. The Morgan fingerprint density at radius 3 is 2.55 bits per heavy atom. The Hall–Kier alpha value is -1.04. The SMILES string of the molecule is CCC1CC2CC(C)CC(C2)C1NC.Nc1ccccc1SNC1(C=O)CCC1. The number of nitrogens with one attached hydrogen (secondary N) is 2. The van der Waals surface area contributed by atoms with Crippen molar-refractivity contribution in [3.63, 3.8) is 0 Å². The van der Waals surface area contributed by atoms with Gasteiger partial charge in [-0.2, -0.15) is 0 Å². The molecule has 3 aliphatic rings. The van der Waals surface area contributed by atoms with Crippen LogP contribution in [0.5, 0.6) is 0 Å². The van der Waals surface area contributed by atoms with Crippen LogP contribution < -0.4 is 15.8 Å². The van der Waals surface area contributed by atoms with Crippen molar-refractivity contribution in [2.45, 2.75) is 81.7 Å². The van der Waals surface area contributed by atoms with E-state index >= 15 is 0 Å². The molecule has 4 rings (SSSR count). The van der Waals surface area contributed by atoms with Crippen molar-refractivity contribution in [1.29, 1.82) is 0 Å². The maximum absolute atomic E-state index is 10.9. The zero-order chi connectivity index (χ0) is 20.9. The number of fused-ring (bicyclic) bond motifs is 2. The number of carbonyl (C=O) groups is 1. The van der Waals surface area contributed by atoms with Gasteiger partial charge in [0, 0.05) is 16.6 Å². The number of nitrogen functional groups attached to an aromatic ring is 1. The van der Waals surface area contributed by atoms with Gasteiger partial charge in [0.05, 0.1) is 5.54 Å². The Morgan fingerprint density at radius 1 is 1.21 bits per heavy atom. The number of hydrogen-bond donors (Lipinski definition) is 3. The highest BCUT2D eigenvalue weighted by Gasteiger charge is 2.40. The fourth-order valence-corrected chi connectivity index (χ4v) is 6.57. The van der Waals surface area contributed by atoms with Crippen LogP contribution in [0, 0.1) is 23.7 Å². The topological polar surface area (TPSA) is 67.2 Å². The van der Waals surface area contributed by atoms with Crippen molar-refractivity contribution in [2.75, 3.05) is 12.8 Å². The number of anilines is 1. The standard InChI is InChI=1S/C13H25N.C11H14N2OS/c1-4-11-7-10-5-9(2)6-12(8-10)13(11)14-3;12-9-4-1-2-5-10(9)15-13-11(8-14)6-3-7-11/h9-14H,4-8H2,1-3H3;1-2,4-5,8,13H,3,6-7,12H2. The van der Waals surface area contributed by atoms with Crippen LogP contribution in [0.4, 0.5) is 5.69 Å². The van der Waals surface area contributed by atoms with E-state index in [1.165, 1.54) is 44.1 Å². The first-order chi connectivity index (χ1) is 14.0. The largest absolute Gasteiger partial charge is 0.398 e. The van der Waals surface area contributed by atoms with Gasteiger partial charge in [-0.3, -0.25) is 0 Å². The lowest BCUT2D eigenvalue weighted by Gasteiger charge is -2.47. The molecule has 0 radical (unpaired) electrons. The van der Waals surface area contributed by atoms with Crippen LogP contribution in [0.2, 0.25) is 0 Å². The minimum atomic E-state index is -0.313. The minimum Gasteiger partial charge on any atom is -0.398 e. The van der Waals surface area contributed by atoms with E-state index in [0.717, 1.165) is 65.8 Å². The molecule has 3 fully saturated rings. The number of hydrogen-bond acceptors (Lipinski definition) is 5. The second kappa shape index (κ2) is 10.3. The lowest BCUT2D eigenvalue weighted by atomic mass is 9.62. The Bertz CT molecular complexity index is 661. The third-order valence-corrected chi connectivity index (χ3v) is 8.44. The number of nitrogens with two attached hydrogens (primary N) is 1. The predicted octanol–water partition coefficient (Wildman–Crippen LogP) is 5.04. The average Bonchev–Trinajstić information content (AvgIpc) is 2.68. The van der Waals surface area contributed by atoms with E-state index in [1.54, 1.807) is 0 Å². The summed E-state index contributed by atoms with van der Waals surface area (Å²) in [6.45, 7) is 4.80. The summed E-state index contributed by atoms with van der Waals surface area (Å²) in [7, 11) is 2.16. The van der Waals surface area contributed by atoms with Crippen LogP contribution in [0.15, 0.2) is 29.2 Å². The quantitative estimate of drug-likeness (QED) is 0.344. The Labute approximate surface area is 181 Å². The average molecular weight is 418 g/mol. The van der Waals surface area contributed by atoms with E-state index in [9.17, 15) is 4.79 Å². The van der Waals surface area contributed by atoms with Crippen LogP contribution in [-0.2, 0) is 4.79 Å². The van der Waals surface area contributed by atoms with Gasteiger partial charge in [0.2, 0.25) is 0 Å². The Balaban J connectivity index is 0.000000166. The van der Waals surface area contributed by atoms with Crippen molar-refractivity contribution >= 4 is 23.9 Å². The van der Waals surface area contributed by atoms with Crippen molar-refractivity contribution in [3.05, 3.63) is 24.3 Å². The Morgan fingerprint density at radius 2 is 1.97 bits per heavy atom. The molecule has 5 heteroatoms. The van der Waals surface area contributed by atoms with Gasteiger partial charge >= 0.3 is 0 Å². The summed E-state index contributed by atoms with van der Waals surface area (Å²) in [6, 6.07) is 8.47. The summed E-state index contributed by atoms with van der Waals surface area (Å²) in [5, 5.41) is 3.58. The third kappa shape index (κ3) is 5.56. The molecule has 3 saturated carbocycles. The van der Waals surface area contributed by atoms with Crippen molar-refractivity contribution in [2.24, 2.45) is 23.7 Å². The minimum absolute atomic E-state index is 0.313. The molecule has 0 aromatic heterocycles. The number of benzene rings is 1. The van der Waals surface area contributed by atoms with Crippen LogP contribution in [-0.4, -0.2) is 24.9 Å². The van der Waals surface area contributed by atoms with Gasteiger partial charge in [-0.1, -0.05) is 32.4 Å². The van der Waals surface area contributed by atoms with E-state index in [0.29, 0.717) is 0 Å². The zero-order valence-electron chi connectivity index (χ0n) is 18.3. The second-order valence-electron chi connectivity index (χ2n) is 9.53. The molecule has 1 aromatic carbocycles. The van der Waals surface area contributed by atoms with E-state index in [-0.39, 0.29) is 5.54 Å². The summed E-state index contributed by atoms with van der Waals surface area (Å²) in [5.74, 6) is 3.97. The van der Waals surface area contributed by atoms with E-state index in [4.69, 9.17) is 5.73 Å². The van der Waals surface area contributed by atoms with Gasteiger partial charge in [0.15, 0.2) is 0 Å². The van der Waals surface area contributed by atoms with Gasteiger partial charge in [0.25, 0.3) is 0 Å². The highest BCUT2D eigenvalue weighted by molar-refractivity contribution is 7.97. The summed E-state index contributed by atoms with van der Waals surface area (Å²) in [4.78, 5) is 11.9. The molecule has 0 amide bonds. The molecule has 2 bridgehead atoms. The van der Waals surface area contributed by atoms with Crippen molar-refractivity contribution in [3.8, 4) is 0 Å². The van der Waals surface area contributed by atoms with Gasteiger partial charge in [-0.05, 0) is 99.7 Å². The molecular weight excluding hydrogens is 378 g/mol. The van der Waals surface area contributed by atoms with Crippen LogP contribution in [0.1, 0.15) is 65.2 Å². The van der Waals surface area contributed by atoms with E-state index in [1.807, 2.05) is 24.3 Å². The lowest BCUT2D eigenvalue weighted by Crippen LogP contribution is -2.49. The third-order valence-electron chi connectivity index (χ3n) is 7.34. The monoisotopic (exact) mass is 417 g/mol. The molecule has 29 heavy (non-hydrogen) atoms. The summed E-state index contributed by atoms with van der Waals surface area (Å²) in [5.41, 5.74) is 6.23. The fourth-order valence-electron chi connectivity index (χ4n) is 5.67. The van der Waals surface area contributed by atoms with Crippen molar-refractivity contribution < 1.29 is 4.79 Å². The smallest absolute Gasteiger partial charge is 0.140 e. The summed E-state index contributed by atoms with van der Waals surface area (Å²) >= 11 is 1.45. The van der Waals surface area contributed by atoms with Gasteiger partial charge < -0.3 is 15.8 Å². The first-order valence-electron chi connectivity index (χ1n) is 11.4. The van der Waals surface area contributed by atoms with Crippen LogP contribution >= 0.6 is 11.9 Å². The molecule has 5 unspecified atom stereocenters. The predicted molar refractivity (Wildman–Crippen MR) is 124 cm³/mol. The molecule has 4 nitrogen and oxygen atoms in total. The van der Waals surface area contributed by atoms with E-state index in [2.05, 4.69) is 30.9 Å². The molecule has 162 valence electrons. The highest BCUT2D eigenvalue weighted by Crippen LogP contribution is 2.45. The molecule has 0 spiro atoms. The summed E-state index contributed by atoms with van der Waals surface area (Å²) in [6.07, 6.45) is 11.3. The molecular formula is C24H39N3OS.